The maximum Gasteiger partial charge on any atom is 0.0205 e. The van der Waals surface area contributed by atoms with E-state index in [0.717, 1.165) is 12.5 Å². The Labute approximate surface area is 99.3 Å². The van der Waals surface area contributed by atoms with E-state index in [2.05, 4.69) is 36.5 Å². The summed E-state index contributed by atoms with van der Waals surface area (Å²) >= 11 is 0. The molecule has 1 aliphatic carbocycles. The summed E-state index contributed by atoms with van der Waals surface area (Å²) in [6.07, 6.45) is 7.20. The second-order valence-electron chi connectivity index (χ2n) is 5.12. The minimum absolute atomic E-state index is 0.930. The van der Waals surface area contributed by atoms with Gasteiger partial charge in [0.05, 0.1) is 0 Å². The summed E-state index contributed by atoms with van der Waals surface area (Å²) in [6, 6.07) is 8.83. The molecule has 1 aromatic carbocycles. The lowest BCUT2D eigenvalue weighted by Crippen LogP contribution is -2.24. The van der Waals surface area contributed by atoms with E-state index in [-0.39, 0.29) is 0 Å². The first-order chi connectivity index (χ1) is 7.84. The first-order valence-electron chi connectivity index (χ1n) is 6.61. The van der Waals surface area contributed by atoms with Gasteiger partial charge in [-0.05, 0) is 37.8 Å². The Morgan fingerprint density at radius 3 is 2.44 bits per heavy atom. The number of rotatable bonds is 4. The van der Waals surface area contributed by atoms with Crippen LogP contribution in [-0.2, 0) is 6.54 Å². The van der Waals surface area contributed by atoms with Gasteiger partial charge in [0, 0.05) is 6.54 Å². The van der Waals surface area contributed by atoms with Gasteiger partial charge in [-0.1, -0.05) is 49.1 Å². The van der Waals surface area contributed by atoms with Crippen molar-refractivity contribution in [3.8, 4) is 0 Å². The molecule has 1 aromatic rings. The molecular weight excluding hydrogens is 194 g/mol. The van der Waals surface area contributed by atoms with Gasteiger partial charge in [-0.25, -0.2) is 0 Å². The van der Waals surface area contributed by atoms with E-state index >= 15 is 0 Å². The summed E-state index contributed by atoms with van der Waals surface area (Å²) in [4.78, 5) is 0. The SMILES string of the molecule is Cc1ccc(CNCC2CCCCC2)cc1. The Balaban J connectivity index is 1.69. The van der Waals surface area contributed by atoms with Gasteiger partial charge in [0.1, 0.15) is 0 Å². The highest BCUT2D eigenvalue weighted by Crippen LogP contribution is 2.22. The number of aryl methyl sites for hydroxylation is 1. The highest BCUT2D eigenvalue weighted by Gasteiger charge is 2.12. The minimum Gasteiger partial charge on any atom is -0.312 e. The van der Waals surface area contributed by atoms with Crippen LogP contribution in [0.5, 0.6) is 0 Å². The molecule has 1 N–H and O–H groups in total. The van der Waals surface area contributed by atoms with Crippen LogP contribution in [0.1, 0.15) is 43.2 Å². The number of hydrogen-bond acceptors (Lipinski definition) is 1. The molecule has 1 heteroatoms. The summed E-state index contributed by atoms with van der Waals surface area (Å²) in [5.41, 5.74) is 2.75. The zero-order valence-electron chi connectivity index (χ0n) is 10.3. The molecule has 0 atom stereocenters. The first kappa shape index (κ1) is 11.7. The molecular formula is C15H23N. The molecule has 0 aliphatic heterocycles. The Hall–Kier alpha value is -0.820. The molecule has 0 radical (unpaired) electrons. The quantitative estimate of drug-likeness (QED) is 0.811. The lowest BCUT2D eigenvalue weighted by atomic mass is 9.89. The molecule has 1 fully saturated rings. The molecule has 0 unspecified atom stereocenters. The average Bonchev–Trinajstić information content (AvgIpc) is 2.33. The highest BCUT2D eigenvalue weighted by atomic mass is 14.9. The normalized spacial score (nSPS) is 17.6. The van der Waals surface area contributed by atoms with Crippen molar-refractivity contribution in [1.29, 1.82) is 0 Å². The number of nitrogens with one attached hydrogen (secondary N) is 1. The maximum absolute atomic E-state index is 3.59. The first-order valence-corrected chi connectivity index (χ1v) is 6.61. The topological polar surface area (TPSA) is 12.0 Å². The van der Waals surface area contributed by atoms with Crippen molar-refractivity contribution in [3.05, 3.63) is 35.4 Å². The molecule has 16 heavy (non-hydrogen) atoms. The molecule has 2 rings (SSSR count). The summed E-state index contributed by atoms with van der Waals surface area (Å²) in [5.74, 6) is 0.930. The third-order valence-electron chi connectivity index (χ3n) is 3.61. The second-order valence-corrected chi connectivity index (χ2v) is 5.12. The molecule has 0 bridgehead atoms. The van der Waals surface area contributed by atoms with E-state index in [9.17, 15) is 0 Å². The Morgan fingerprint density at radius 1 is 1.06 bits per heavy atom. The summed E-state index contributed by atoms with van der Waals surface area (Å²) in [7, 11) is 0. The van der Waals surface area contributed by atoms with Gasteiger partial charge in [-0.15, -0.1) is 0 Å². The molecule has 0 heterocycles. The van der Waals surface area contributed by atoms with Crippen LogP contribution >= 0.6 is 0 Å². The van der Waals surface area contributed by atoms with Crippen molar-refractivity contribution in [3.63, 3.8) is 0 Å². The Kier molecular flexibility index (Phi) is 4.41. The van der Waals surface area contributed by atoms with Crippen LogP contribution < -0.4 is 5.32 Å². The highest BCUT2D eigenvalue weighted by molar-refractivity contribution is 5.21. The molecule has 1 aliphatic rings. The molecule has 0 spiro atoms. The van der Waals surface area contributed by atoms with Gasteiger partial charge in [0.15, 0.2) is 0 Å². The fraction of sp³-hybridized carbons (Fsp3) is 0.600. The van der Waals surface area contributed by atoms with E-state index in [1.54, 1.807) is 0 Å². The van der Waals surface area contributed by atoms with Crippen LogP contribution in [0.3, 0.4) is 0 Å². The van der Waals surface area contributed by atoms with Crippen LogP contribution in [0.2, 0.25) is 0 Å². The molecule has 88 valence electrons. The number of hydrogen-bond donors (Lipinski definition) is 1. The molecule has 1 nitrogen and oxygen atoms in total. The van der Waals surface area contributed by atoms with E-state index < -0.39 is 0 Å². The monoisotopic (exact) mass is 217 g/mol. The van der Waals surface area contributed by atoms with Crippen molar-refractivity contribution >= 4 is 0 Å². The van der Waals surface area contributed by atoms with Crippen molar-refractivity contribution in [2.45, 2.75) is 45.6 Å². The van der Waals surface area contributed by atoms with Crippen LogP contribution in [0.4, 0.5) is 0 Å². The van der Waals surface area contributed by atoms with Gasteiger partial charge in [0.25, 0.3) is 0 Å². The summed E-state index contributed by atoms with van der Waals surface area (Å²) in [5, 5.41) is 3.59. The predicted molar refractivity (Wildman–Crippen MR) is 69.5 cm³/mol. The van der Waals surface area contributed by atoms with Crippen LogP contribution in [0.15, 0.2) is 24.3 Å². The molecule has 0 saturated heterocycles. The Morgan fingerprint density at radius 2 is 1.75 bits per heavy atom. The average molecular weight is 217 g/mol. The van der Waals surface area contributed by atoms with Crippen molar-refractivity contribution in [2.24, 2.45) is 5.92 Å². The van der Waals surface area contributed by atoms with E-state index in [1.165, 1.54) is 49.8 Å². The minimum atomic E-state index is 0.930. The summed E-state index contributed by atoms with van der Waals surface area (Å²) < 4.78 is 0. The molecule has 0 aromatic heterocycles. The zero-order chi connectivity index (χ0) is 11.2. The maximum atomic E-state index is 3.59. The van der Waals surface area contributed by atoms with Gasteiger partial charge in [0.2, 0.25) is 0 Å². The van der Waals surface area contributed by atoms with Crippen LogP contribution in [0.25, 0.3) is 0 Å². The second kappa shape index (κ2) is 6.05. The van der Waals surface area contributed by atoms with Gasteiger partial charge in [-0.2, -0.15) is 0 Å². The van der Waals surface area contributed by atoms with Crippen molar-refractivity contribution in [2.75, 3.05) is 6.54 Å². The largest absolute Gasteiger partial charge is 0.312 e. The van der Waals surface area contributed by atoms with E-state index in [0.29, 0.717) is 0 Å². The van der Waals surface area contributed by atoms with Gasteiger partial charge < -0.3 is 5.32 Å². The van der Waals surface area contributed by atoms with Crippen molar-refractivity contribution < 1.29 is 0 Å². The van der Waals surface area contributed by atoms with Crippen LogP contribution in [-0.4, -0.2) is 6.54 Å². The van der Waals surface area contributed by atoms with E-state index in [4.69, 9.17) is 0 Å². The fourth-order valence-corrected chi connectivity index (χ4v) is 2.52. The van der Waals surface area contributed by atoms with Crippen LogP contribution in [0, 0.1) is 12.8 Å². The standard InChI is InChI=1S/C15H23N/c1-13-7-9-15(10-8-13)12-16-11-14-5-3-2-4-6-14/h7-10,14,16H,2-6,11-12H2,1H3. The third-order valence-corrected chi connectivity index (χ3v) is 3.61. The van der Waals surface area contributed by atoms with Gasteiger partial charge >= 0.3 is 0 Å². The predicted octanol–water partition coefficient (Wildman–Crippen LogP) is 3.66. The smallest absolute Gasteiger partial charge is 0.0205 e. The lowest BCUT2D eigenvalue weighted by molar-refractivity contribution is 0.342. The zero-order valence-corrected chi connectivity index (χ0v) is 10.3. The molecule has 0 amide bonds. The Bertz CT molecular complexity index is 296. The van der Waals surface area contributed by atoms with E-state index in [1.807, 2.05) is 0 Å². The number of benzene rings is 1. The van der Waals surface area contributed by atoms with Gasteiger partial charge in [-0.3, -0.25) is 0 Å². The third kappa shape index (κ3) is 3.64. The van der Waals surface area contributed by atoms with Crippen molar-refractivity contribution in [1.82, 2.24) is 5.32 Å². The summed E-state index contributed by atoms with van der Waals surface area (Å²) in [6.45, 7) is 4.36. The lowest BCUT2D eigenvalue weighted by Gasteiger charge is -2.21. The fourth-order valence-electron chi connectivity index (χ4n) is 2.52. The molecule has 1 saturated carbocycles.